The minimum absolute atomic E-state index is 0.227. The molecule has 0 saturated carbocycles. The van der Waals surface area contributed by atoms with Crippen molar-refractivity contribution in [3.63, 3.8) is 0 Å². The van der Waals surface area contributed by atoms with Crippen LogP contribution in [0.2, 0.25) is 0 Å². The smallest absolute Gasteiger partial charge is 0.271 e. The van der Waals surface area contributed by atoms with Crippen LogP contribution >= 0.6 is 15.9 Å². The van der Waals surface area contributed by atoms with E-state index in [0.717, 1.165) is 71.3 Å². The molecular weight excluding hydrogens is 566 g/mol. The molecule has 1 aliphatic rings. The lowest BCUT2D eigenvalue weighted by Gasteiger charge is -2.36. The van der Waals surface area contributed by atoms with E-state index in [-0.39, 0.29) is 5.91 Å². The molecular formula is C32H34BrN5O2. The van der Waals surface area contributed by atoms with E-state index < -0.39 is 0 Å². The van der Waals surface area contributed by atoms with Crippen molar-refractivity contribution in [2.24, 2.45) is 5.10 Å². The summed E-state index contributed by atoms with van der Waals surface area (Å²) in [5, 5.41) is 4.23. The molecule has 0 aliphatic carbocycles. The molecule has 4 aromatic rings. The summed E-state index contributed by atoms with van der Waals surface area (Å²) in [6, 6.07) is 26.2. The third kappa shape index (κ3) is 6.29. The molecule has 206 valence electrons. The van der Waals surface area contributed by atoms with Crippen molar-refractivity contribution in [2.75, 3.05) is 38.2 Å². The van der Waals surface area contributed by atoms with Crippen molar-refractivity contribution >= 4 is 33.7 Å². The topological polar surface area (TPSA) is 62.1 Å². The van der Waals surface area contributed by atoms with Gasteiger partial charge >= 0.3 is 0 Å². The number of methoxy groups -OCH3 is 1. The van der Waals surface area contributed by atoms with Crippen molar-refractivity contribution in [3.05, 3.63) is 111 Å². The highest BCUT2D eigenvalue weighted by Crippen LogP contribution is 2.28. The molecule has 1 amide bonds. The molecule has 7 nitrogen and oxygen atoms in total. The number of hydrogen-bond donors (Lipinski definition) is 1. The number of carbonyl (C=O) groups excluding carboxylic acids is 1. The summed E-state index contributed by atoms with van der Waals surface area (Å²) in [4.78, 5) is 17.5. The van der Waals surface area contributed by atoms with E-state index in [4.69, 9.17) is 4.74 Å². The molecule has 1 aliphatic heterocycles. The number of ether oxygens (including phenoxy) is 1. The number of carbonyl (C=O) groups is 1. The lowest BCUT2D eigenvalue weighted by atomic mass is 10.1. The fourth-order valence-corrected chi connectivity index (χ4v) is 5.45. The van der Waals surface area contributed by atoms with Gasteiger partial charge in [-0.05, 0) is 74.0 Å². The Bertz CT molecular complexity index is 1490. The number of amides is 1. The van der Waals surface area contributed by atoms with Gasteiger partial charge in [-0.2, -0.15) is 5.10 Å². The predicted octanol–water partition coefficient (Wildman–Crippen LogP) is 5.95. The summed E-state index contributed by atoms with van der Waals surface area (Å²) in [5.41, 5.74) is 9.80. The number of hydrazone groups is 1. The Kier molecular flexibility index (Phi) is 8.67. The van der Waals surface area contributed by atoms with Crippen molar-refractivity contribution in [3.8, 4) is 11.4 Å². The maximum atomic E-state index is 12.7. The maximum Gasteiger partial charge on any atom is 0.271 e. The van der Waals surface area contributed by atoms with Crippen LogP contribution in [0.3, 0.4) is 0 Å². The standard InChI is InChI=1S/C32H34BrN5O2/c1-23-20-27(24(2)38(23)29-14-12-28(33)13-15-29)21-34-35-32(39)26-10-8-25(9-11-26)22-36-16-18-37(19-17-36)30-6-4-5-7-31(30)40-3/h4-15,20-21H,16-19,22H2,1-3H3,(H,35,39)/b34-21-. The molecule has 1 fully saturated rings. The number of hydrogen-bond acceptors (Lipinski definition) is 5. The van der Waals surface area contributed by atoms with Gasteiger partial charge in [0.2, 0.25) is 0 Å². The fraction of sp³-hybridized carbons (Fsp3) is 0.250. The van der Waals surface area contributed by atoms with Crippen LogP contribution in [0, 0.1) is 13.8 Å². The molecule has 3 aromatic carbocycles. The number of nitrogens with one attached hydrogen (secondary N) is 1. The van der Waals surface area contributed by atoms with Crippen molar-refractivity contribution in [1.29, 1.82) is 0 Å². The molecule has 2 heterocycles. The van der Waals surface area contributed by atoms with Crippen LogP contribution in [0.1, 0.15) is 32.9 Å². The summed E-state index contributed by atoms with van der Waals surface area (Å²) in [7, 11) is 1.72. The zero-order valence-electron chi connectivity index (χ0n) is 23.1. The van der Waals surface area contributed by atoms with Gasteiger partial charge in [-0.3, -0.25) is 9.69 Å². The highest BCUT2D eigenvalue weighted by molar-refractivity contribution is 9.10. The molecule has 0 unspecified atom stereocenters. The van der Waals surface area contributed by atoms with Gasteiger partial charge in [-0.15, -0.1) is 0 Å². The molecule has 40 heavy (non-hydrogen) atoms. The number of aromatic nitrogens is 1. The number of anilines is 1. The Hall–Kier alpha value is -3.88. The number of rotatable bonds is 8. The number of benzene rings is 3. The second kappa shape index (κ2) is 12.5. The number of aryl methyl sites for hydroxylation is 1. The van der Waals surface area contributed by atoms with E-state index in [0.29, 0.717) is 5.56 Å². The Labute approximate surface area is 244 Å². The molecule has 0 spiro atoms. The average Bonchev–Trinajstić information content (AvgIpc) is 3.26. The van der Waals surface area contributed by atoms with Crippen LogP contribution in [0.5, 0.6) is 5.75 Å². The van der Waals surface area contributed by atoms with Crippen LogP contribution in [0.4, 0.5) is 5.69 Å². The van der Waals surface area contributed by atoms with Crippen LogP contribution in [-0.2, 0) is 6.54 Å². The second-order valence-electron chi connectivity index (χ2n) is 9.97. The number of nitrogens with zero attached hydrogens (tertiary/aromatic N) is 4. The largest absolute Gasteiger partial charge is 0.495 e. The van der Waals surface area contributed by atoms with E-state index >= 15 is 0 Å². The molecule has 0 atom stereocenters. The summed E-state index contributed by atoms with van der Waals surface area (Å²) in [6.07, 6.45) is 1.70. The van der Waals surface area contributed by atoms with Gasteiger partial charge in [-0.1, -0.05) is 40.2 Å². The molecule has 0 bridgehead atoms. The van der Waals surface area contributed by atoms with Crippen molar-refractivity contribution in [1.82, 2.24) is 14.9 Å². The Morgan fingerprint density at radius 3 is 2.38 bits per heavy atom. The fourth-order valence-electron chi connectivity index (χ4n) is 5.19. The molecule has 1 saturated heterocycles. The van der Waals surface area contributed by atoms with Gasteiger partial charge < -0.3 is 14.2 Å². The van der Waals surface area contributed by atoms with Crippen molar-refractivity contribution in [2.45, 2.75) is 20.4 Å². The Morgan fingerprint density at radius 1 is 0.975 bits per heavy atom. The Morgan fingerprint density at radius 2 is 1.68 bits per heavy atom. The first-order valence-corrected chi connectivity index (χ1v) is 14.2. The SMILES string of the molecule is COc1ccccc1N1CCN(Cc2ccc(C(=O)N/N=C\c3cc(C)n(-c4ccc(Br)cc4)c3C)cc2)CC1. The Balaban J connectivity index is 1.14. The maximum absolute atomic E-state index is 12.7. The summed E-state index contributed by atoms with van der Waals surface area (Å²) in [6.45, 7) is 8.81. The lowest BCUT2D eigenvalue weighted by molar-refractivity contribution is 0.0955. The normalized spacial score (nSPS) is 14.1. The molecule has 0 radical (unpaired) electrons. The van der Waals surface area contributed by atoms with Crippen LogP contribution in [-0.4, -0.2) is 54.9 Å². The van der Waals surface area contributed by atoms with Gasteiger partial charge in [0, 0.05) is 65.4 Å². The summed E-state index contributed by atoms with van der Waals surface area (Å²) in [5.74, 6) is 0.688. The van der Waals surface area contributed by atoms with Gasteiger partial charge in [0.1, 0.15) is 5.75 Å². The zero-order valence-corrected chi connectivity index (χ0v) is 24.7. The van der Waals surface area contributed by atoms with Crippen LogP contribution in [0.15, 0.2) is 88.4 Å². The third-order valence-electron chi connectivity index (χ3n) is 7.35. The number of para-hydroxylation sites is 2. The highest BCUT2D eigenvalue weighted by Gasteiger charge is 2.19. The minimum atomic E-state index is -0.227. The van der Waals surface area contributed by atoms with Gasteiger partial charge in [-0.25, -0.2) is 5.43 Å². The first kappa shape index (κ1) is 27.7. The number of piperazine rings is 1. The first-order chi connectivity index (χ1) is 19.4. The highest BCUT2D eigenvalue weighted by atomic mass is 79.9. The van der Waals surface area contributed by atoms with Gasteiger partial charge in [0.25, 0.3) is 5.91 Å². The van der Waals surface area contributed by atoms with E-state index in [2.05, 4.69) is 85.0 Å². The third-order valence-corrected chi connectivity index (χ3v) is 7.87. The quantitative estimate of drug-likeness (QED) is 0.201. The van der Waals surface area contributed by atoms with E-state index in [1.54, 1.807) is 13.3 Å². The van der Waals surface area contributed by atoms with Crippen LogP contribution in [0.25, 0.3) is 5.69 Å². The summed E-state index contributed by atoms with van der Waals surface area (Å²) < 4.78 is 8.74. The van der Waals surface area contributed by atoms with Gasteiger partial charge in [0.05, 0.1) is 19.0 Å². The second-order valence-corrected chi connectivity index (χ2v) is 10.9. The van der Waals surface area contributed by atoms with E-state index in [1.807, 2.05) is 48.5 Å². The zero-order chi connectivity index (χ0) is 28.1. The van der Waals surface area contributed by atoms with E-state index in [9.17, 15) is 4.79 Å². The van der Waals surface area contributed by atoms with Crippen LogP contribution < -0.4 is 15.1 Å². The molecule has 1 aromatic heterocycles. The average molecular weight is 601 g/mol. The predicted molar refractivity (Wildman–Crippen MR) is 165 cm³/mol. The molecule has 5 rings (SSSR count). The van der Waals surface area contributed by atoms with E-state index in [1.165, 1.54) is 5.56 Å². The molecule has 1 N–H and O–H groups in total. The lowest BCUT2D eigenvalue weighted by Crippen LogP contribution is -2.46. The van der Waals surface area contributed by atoms with Gasteiger partial charge in [0.15, 0.2) is 0 Å². The van der Waals surface area contributed by atoms with Crippen molar-refractivity contribution < 1.29 is 9.53 Å². The monoisotopic (exact) mass is 599 g/mol. The number of halogens is 1. The minimum Gasteiger partial charge on any atom is -0.495 e. The first-order valence-electron chi connectivity index (χ1n) is 13.4. The molecule has 8 heteroatoms. The summed E-state index contributed by atoms with van der Waals surface area (Å²) >= 11 is 3.49.